The number of phenols is 1. The molecule has 0 bridgehead atoms. The molecule has 0 aliphatic carbocycles. The van der Waals surface area contributed by atoms with E-state index >= 15 is 0 Å². The van der Waals surface area contributed by atoms with Crippen molar-refractivity contribution >= 4 is 11.0 Å². The van der Waals surface area contributed by atoms with Crippen LogP contribution in [0.2, 0.25) is 0 Å². The van der Waals surface area contributed by atoms with Gasteiger partial charge in [0.2, 0.25) is 0 Å². The summed E-state index contributed by atoms with van der Waals surface area (Å²) >= 11 is 0. The monoisotopic (exact) mass is 323 g/mol. The van der Waals surface area contributed by atoms with E-state index in [0.29, 0.717) is 17.7 Å². The van der Waals surface area contributed by atoms with Gasteiger partial charge in [-0.15, -0.1) is 0 Å². The molecule has 0 atom stereocenters. The lowest BCUT2D eigenvalue weighted by molar-refractivity contribution is 0.319. The minimum atomic E-state index is -0.394. The first-order chi connectivity index (χ1) is 11.4. The van der Waals surface area contributed by atoms with Gasteiger partial charge in [-0.2, -0.15) is 0 Å². The predicted molar refractivity (Wildman–Crippen MR) is 95.2 cm³/mol. The maximum atomic E-state index is 11.9. The van der Waals surface area contributed by atoms with Crippen molar-refractivity contribution < 1.29 is 9.52 Å². The van der Waals surface area contributed by atoms with E-state index in [9.17, 15) is 9.90 Å². The minimum Gasteiger partial charge on any atom is -0.508 e. The summed E-state index contributed by atoms with van der Waals surface area (Å²) in [4.78, 5) is 14.0. The van der Waals surface area contributed by atoms with Crippen molar-refractivity contribution in [3.8, 4) is 5.75 Å². The number of nitrogens with zero attached hydrogens (tertiary/aromatic N) is 1. The Labute approximate surface area is 141 Å². The van der Waals surface area contributed by atoms with Crippen LogP contribution in [0.15, 0.2) is 51.7 Å². The van der Waals surface area contributed by atoms with E-state index in [1.54, 1.807) is 19.1 Å². The molecule has 0 saturated carbocycles. The summed E-state index contributed by atoms with van der Waals surface area (Å²) in [5, 5.41) is 10.7. The third kappa shape index (κ3) is 3.34. The van der Waals surface area contributed by atoms with E-state index in [-0.39, 0.29) is 5.75 Å². The average molecular weight is 323 g/mol. The SMILES string of the molecule is Cc1ccc(CN(C)Cc2cc(=O)oc3c(C)c(O)ccc23)cc1. The number of aryl methyl sites for hydroxylation is 2. The van der Waals surface area contributed by atoms with Gasteiger partial charge in [0, 0.05) is 30.1 Å². The first kappa shape index (κ1) is 16.3. The van der Waals surface area contributed by atoms with Gasteiger partial charge in [-0.05, 0) is 44.2 Å². The molecule has 0 saturated heterocycles. The Morgan fingerprint density at radius 2 is 1.75 bits per heavy atom. The second kappa shape index (κ2) is 6.49. The Morgan fingerprint density at radius 3 is 2.46 bits per heavy atom. The van der Waals surface area contributed by atoms with Crippen LogP contribution in [-0.4, -0.2) is 17.1 Å². The molecule has 0 aliphatic heterocycles. The largest absolute Gasteiger partial charge is 0.508 e. The maximum Gasteiger partial charge on any atom is 0.336 e. The zero-order valence-corrected chi connectivity index (χ0v) is 14.2. The first-order valence-corrected chi connectivity index (χ1v) is 7.93. The normalized spacial score (nSPS) is 11.3. The lowest BCUT2D eigenvalue weighted by atomic mass is 10.1. The molecule has 24 heavy (non-hydrogen) atoms. The molecule has 4 nitrogen and oxygen atoms in total. The molecular formula is C20H21NO3. The second-order valence-corrected chi connectivity index (χ2v) is 6.33. The van der Waals surface area contributed by atoms with E-state index in [0.717, 1.165) is 17.5 Å². The zero-order valence-electron chi connectivity index (χ0n) is 14.2. The van der Waals surface area contributed by atoms with Crippen molar-refractivity contribution in [2.45, 2.75) is 26.9 Å². The number of benzene rings is 2. The van der Waals surface area contributed by atoms with Gasteiger partial charge in [0.05, 0.1) is 0 Å². The summed E-state index contributed by atoms with van der Waals surface area (Å²) in [7, 11) is 2.02. The molecule has 0 aliphatic rings. The van der Waals surface area contributed by atoms with Gasteiger partial charge < -0.3 is 9.52 Å². The van der Waals surface area contributed by atoms with Gasteiger partial charge in [0.15, 0.2) is 0 Å². The van der Waals surface area contributed by atoms with Crippen LogP contribution < -0.4 is 5.63 Å². The van der Waals surface area contributed by atoms with Crippen LogP contribution in [0.4, 0.5) is 0 Å². The van der Waals surface area contributed by atoms with Gasteiger partial charge in [-0.1, -0.05) is 29.8 Å². The van der Waals surface area contributed by atoms with Gasteiger partial charge in [-0.25, -0.2) is 4.79 Å². The molecule has 0 unspecified atom stereocenters. The summed E-state index contributed by atoms with van der Waals surface area (Å²) < 4.78 is 5.29. The van der Waals surface area contributed by atoms with Crippen molar-refractivity contribution in [1.82, 2.24) is 4.90 Å². The van der Waals surface area contributed by atoms with Gasteiger partial charge in [0.1, 0.15) is 11.3 Å². The molecule has 1 aromatic heterocycles. The van der Waals surface area contributed by atoms with Crippen LogP contribution in [0.5, 0.6) is 5.75 Å². The third-order valence-corrected chi connectivity index (χ3v) is 4.23. The highest BCUT2D eigenvalue weighted by molar-refractivity contribution is 5.84. The van der Waals surface area contributed by atoms with E-state index in [4.69, 9.17) is 4.42 Å². The Morgan fingerprint density at radius 1 is 1.04 bits per heavy atom. The molecule has 0 amide bonds. The summed E-state index contributed by atoms with van der Waals surface area (Å²) in [6.07, 6.45) is 0. The summed E-state index contributed by atoms with van der Waals surface area (Å²) in [6, 6.07) is 13.4. The molecule has 3 rings (SSSR count). The quantitative estimate of drug-likeness (QED) is 0.743. The zero-order chi connectivity index (χ0) is 17.3. The lowest BCUT2D eigenvalue weighted by Gasteiger charge is -2.18. The molecule has 1 N–H and O–H groups in total. The molecule has 2 aromatic carbocycles. The minimum absolute atomic E-state index is 0.135. The highest BCUT2D eigenvalue weighted by Gasteiger charge is 2.12. The number of aromatic hydroxyl groups is 1. The Bertz CT molecular complexity index is 926. The smallest absolute Gasteiger partial charge is 0.336 e. The van der Waals surface area contributed by atoms with Crippen LogP contribution in [0.1, 0.15) is 22.3 Å². The third-order valence-electron chi connectivity index (χ3n) is 4.23. The molecular weight excluding hydrogens is 302 g/mol. The maximum absolute atomic E-state index is 11.9. The topological polar surface area (TPSA) is 53.7 Å². The van der Waals surface area contributed by atoms with E-state index < -0.39 is 5.63 Å². The Kier molecular flexibility index (Phi) is 4.40. The fraction of sp³-hybridized carbons (Fsp3) is 0.250. The summed E-state index contributed by atoms with van der Waals surface area (Å²) in [5.74, 6) is 0.135. The molecule has 3 aromatic rings. The van der Waals surface area contributed by atoms with E-state index in [1.807, 2.05) is 7.05 Å². The van der Waals surface area contributed by atoms with Crippen molar-refractivity contribution in [1.29, 1.82) is 0 Å². The first-order valence-electron chi connectivity index (χ1n) is 7.93. The van der Waals surface area contributed by atoms with Crippen molar-refractivity contribution in [2.75, 3.05) is 7.05 Å². The number of hydrogen-bond donors (Lipinski definition) is 1. The van der Waals surface area contributed by atoms with Crippen LogP contribution in [0, 0.1) is 13.8 Å². The Hall–Kier alpha value is -2.59. The molecule has 1 heterocycles. The Balaban J connectivity index is 1.90. The standard InChI is InChI=1S/C20H21NO3/c1-13-4-6-15(7-5-13)11-21(3)12-16-10-19(23)24-20-14(2)18(22)9-8-17(16)20/h4-10,22H,11-12H2,1-3H3. The fourth-order valence-corrected chi connectivity index (χ4v) is 2.90. The van der Waals surface area contributed by atoms with Crippen molar-refractivity contribution in [3.05, 3.63) is 75.1 Å². The number of hydrogen-bond acceptors (Lipinski definition) is 4. The van der Waals surface area contributed by atoms with Crippen LogP contribution in [0.25, 0.3) is 11.0 Å². The van der Waals surface area contributed by atoms with Gasteiger partial charge in [0.25, 0.3) is 0 Å². The number of phenolic OH excluding ortho intramolecular Hbond substituents is 1. The fourth-order valence-electron chi connectivity index (χ4n) is 2.90. The van der Waals surface area contributed by atoms with Gasteiger partial charge >= 0.3 is 5.63 Å². The van der Waals surface area contributed by atoms with Crippen LogP contribution >= 0.6 is 0 Å². The molecule has 0 radical (unpaired) electrons. The molecule has 0 spiro atoms. The summed E-state index contributed by atoms with van der Waals surface area (Å²) in [5.41, 5.74) is 4.02. The summed E-state index contributed by atoms with van der Waals surface area (Å²) in [6.45, 7) is 5.24. The average Bonchev–Trinajstić information content (AvgIpc) is 2.53. The van der Waals surface area contributed by atoms with E-state index in [1.165, 1.54) is 17.2 Å². The number of rotatable bonds is 4. The highest BCUT2D eigenvalue weighted by Crippen LogP contribution is 2.27. The van der Waals surface area contributed by atoms with Crippen LogP contribution in [0.3, 0.4) is 0 Å². The van der Waals surface area contributed by atoms with Crippen LogP contribution in [-0.2, 0) is 13.1 Å². The molecule has 124 valence electrons. The molecule has 0 fully saturated rings. The van der Waals surface area contributed by atoms with Gasteiger partial charge in [-0.3, -0.25) is 4.90 Å². The van der Waals surface area contributed by atoms with E-state index in [2.05, 4.69) is 36.1 Å². The highest BCUT2D eigenvalue weighted by atomic mass is 16.4. The molecule has 4 heteroatoms. The second-order valence-electron chi connectivity index (χ2n) is 6.33. The van der Waals surface area contributed by atoms with Crippen molar-refractivity contribution in [3.63, 3.8) is 0 Å². The predicted octanol–water partition coefficient (Wildman–Crippen LogP) is 3.75. The number of fused-ring (bicyclic) bond motifs is 1. The lowest BCUT2D eigenvalue weighted by Crippen LogP contribution is -2.18. The van der Waals surface area contributed by atoms with Crippen molar-refractivity contribution in [2.24, 2.45) is 0 Å².